The average molecular weight is 268 g/mol. The van der Waals surface area contributed by atoms with Crippen LogP contribution in [0.3, 0.4) is 0 Å². The fourth-order valence-electron chi connectivity index (χ4n) is 1.50. The number of carboxylic acid groups (broad SMARTS) is 1. The van der Waals surface area contributed by atoms with E-state index in [-0.39, 0.29) is 25.7 Å². The molecule has 1 heterocycles. The smallest absolute Gasteiger partial charge is 0.303 e. The number of aromatic amines is 1. The largest absolute Gasteiger partial charge is 0.481 e. The first-order valence-corrected chi connectivity index (χ1v) is 5.77. The number of amides is 2. The van der Waals surface area contributed by atoms with Crippen LogP contribution in [0.2, 0.25) is 0 Å². The van der Waals surface area contributed by atoms with E-state index in [0.717, 1.165) is 0 Å². The zero-order chi connectivity index (χ0) is 14.3. The molecular formula is C11H16N4O4. The maximum absolute atomic E-state index is 11.5. The highest BCUT2D eigenvalue weighted by molar-refractivity contribution is 5.86. The first-order valence-electron chi connectivity index (χ1n) is 5.77. The monoisotopic (exact) mass is 268 g/mol. The molecule has 1 aromatic rings. The molecule has 0 aliphatic rings. The summed E-state index contributed by atoms with van der Waals surface area (Å²) in [6, 6.07) is -0.847. The van der Waals surface area contributed by atoms with Crippen LogP contribution in [-0.2, 0) is 20.8 Å². The Morgan fingerprint density at radius 1 is 1.42 bits per heavy atom. The van der Waals surface area contributed by atoms with Crippen molar-refractivity contribution in [3.05, 3.63) is 18.2 Å². The van der Waals surface area contributed by atoms with E-state index in [2.05, 4.69) is 15.3 Å². The van der Waals surface area contributed by atoms with E-state index in [1.165, 1.54) is 6.33 Å². The Labute approximate surface area is 109 Å². The van der Waals surface area contributed by atoms with Crippen molar-refractivity contribution in [1.29, 1.82) is 0 Å². The number of carboxylic acids is 1. The molecule has 8 heteroatoms. The zero-order valence-corrected chi connectivity index (χ0v) is 10.3. The number of carbonyl (C=O) groups excluding carboxylic acids is 2. The summed E-state index contributed by atoms with van der Waals surface area (Å²) in [6.45, 7) is 0. The molecule has 1 unspecified atom stereocenters. The second-order valence-electron chi connectivity index (χ2n) is 4.03. The van der Waals surface area contributed by atoms with Gasteiger partial charge in [0, 0.05) is 25.5 Å². The van der Waals surface area contributed by atoms with Gasteiger partial charge in [0.2, 0.25) is 11.8 Å². The van der Waals surface area contributed by atoms with Gasteiger partial charge in [-0.15, -0.1) is 0 Å². The molecule has 8 nitrogen and oxygen atoms in total. The van der Waals surface area contributed by atoms with E-state index in [0.29, 0.717) is 5.69 Å². The Morgan fingerprint density at radius 3 is 2.68 bits per heavy atom. The summed E-state index contributed by atoms with van der Waals surface area (Å²) in [4.78, 5) is 39.7. The van der Waals surface area contributed by atoms with Crippen LogP contribution in [0.5, 0.6) is 0 Å². The molecule has 0 saturated heterocycles. The van der Waals surface area contributed by atoms with Gasteiger partial charge in [-0.05, 0) is 6.42 Å². The van der Waals surface area contributed by atoms with E-state index in [9.17, 15) is 14.4 Å². The molecule has 0 saturated carbocycles. The van der Waals surface area contributed by atoms with Gasteiger partial charge in [-0.2, -0.15) is 0 Å². The SMILES string of the molecule is NC(=O)C(Cc1c[nH]cn1)NC(=O)CCCC(=O)O. The maximum Gasteiger partial charge on any atom is 0.303 e. The number of nitrogens with one attached hydrogen (secondary N) is 2. The highest BCUT2D eigenvalue weighted by Gasteiger charge is 2.19. The standard InChI is InChI=1S/C11H16N4O4/c12-11(19)8(4-7-5-13-6-14-7)15-9(16)2-1-3-10(17)18/h5-6,8H,1-4H2,(H2,12,19)(H,13,14)(H,15,16)(H,17,18). The van der Waals surface area contributed by atoms with Crippen molar-refractivity contribution in [1.82, 2.24) is 15.3 Å². The molecule has 0 aromatic carbocycles. The highest BCUT2D eigenvalue weighted by atomic mass is 16.4. The van der Waals surface area contributed by atoms with Crippen molar-refractivity contribution >= 4 is 17.8 Å². The van der Waals surface area contributed by atoms with E-state index in [1.807, 2.05) is 0 Å². The molecule has 0 aliphatic carbocycles. The van der Waals surface area contributed by atoms with Crippen molar-refractivity contribution < 1.29 is 19.5 Å². The van der Waals surface area contributed by atoms with E-state index < -0.39 is 23.8 Å². The predicted octanol–water partition coefficient (Wildman–Crippen LogP) is -0.823. The number of H-pyrrole nitrogens is 1. The summed E-state index contributed by atoms with van der Waals surface area (Å²) < 4.78 is 0. The average Bonchev–Trinajstić information content (AvgIpc) is 2.80. The van der Waals surface area contributed by atoms with Gasteiger partial charge in [0.15, 0.2) is 0 Å². The zero-order valence-electron chi connectivity index (χ0n) is 10.3. The highest BCUT2D eigenvalue weighted by Crippen LogP contribution is 2.00. The molecule has 0 bridgehead atoms. The predicted molar refractivity (Wildman–Crippen MR) is 64.9 cm³/mol. The van der Waals surface area contributed by atoms with Crippen LogP contribution in [0.25, 0.3) is 0 Å². The number of hydrogen-bond acceptors (Lipinski definition) is 4. The van der Waals surface area contributed by atoms with Gasteiger partial charge in [-0.1, -0.05) is 0 Å². The molecule has 1 atom stereocenters. The number of aromatic nitrogens is 2. The third-order valence-corrected chi connectivity index (χ3v) is 2.44. The second kappa shape index (κ2) is 7.14. The Balaban J connectivity index is 2.42. The topological polar surface area (TPSA) is 138 Å². The minimum absolute atomic E-state index is 0.0383. The summed E-state index contributed by atoms with van der Waals surface area (Å²) in [5.74, 6) is -2.02. The Hall–Kier alpha value is -2.38. The normalized spacial score (nSPS) is 11.8. The van der Waals surface area contributed by atoms with Crippen LogP contribution in [-0.4, -0.2) is 38.9 Å². The fraction of sp³-hybridized carbons (Fsp3) is 0.455. The Morgan fingerprint density at radius 2 is 2.16 bits per heavy atom. The third-order valence-electron chi connectivity index (χ3n) is 2.44. The summed E-state index contributed by atoms with van der Waals surface area (Å²) in [7, 11) is 0. The number of carbonyl (C=O) groups is 3. The van der Waals surface area contributed by atoms with Crippen molar-refractivity contribution in [3.63, 3.8) is 0 Å². The van der Waals surface area contributed by atoms with E-state index in [4.69, 9.17) is 10.8 Å². The lowest BCUT2D eigenvalue weighted by Crippen LogP contribution is -2.45. The van der Waals surface area contributed by atoms with Crippen molar-refractivity contribution in [3.8, 4) is 0 Å². The molecule has 2 amide bonds. The molecule has 0 spiro atoms. The van der Waals surface area contributed by atoms with Crippen LogP contribution in [0.15, 0.2) is 12.5 Å². The van der Waals surface area contributed by atoms with Crippen LogP contribution in [0.4, 0.5) is 0 Å². The number of aliphatic carboxylic acids is 1. The van der Waals surface area contributed by atoms with Crippen LogP contribution in [0.1, 0.15) is 25.0 Å². The second-order valence-corrected chi connectivity index (χ2v) is 4.03. The molecule has 104 valence electrons. The third kappa shape index (κ3) is 5.66. The molecule has 5 N–H and O–H groups in total. The van der Waals surface area contributed by atoms with Crippen LogP contribution in [0, 0.1) is 0 Å². The van der Waals surface area contributed by atoms with Crippen molar-refractivity contribution in [2.45, 2.75) is 31.7 Å². The molecule has 0 radical (unpaired) electrons. The lowest BCUT2D eigenvalue weighted by molar-refractivity contribution is -0.137. The van der Waals surface area contributed by atoms with Crippen LogP contribution >= 0.6 is 0 Å². The van der Waals surface area contributed by atoms with Gasteiger partial charge in [0.05, 0.1) is 12.0 Å². The molecule has 19 heavy (non-hydrogen) atoms. The lowest BCUT2D eigenvalue weighted by atomic mass is 10.1. The molecular weight excluding hydrogens is 252 g/mol. The van der Waals surface area contributed by atoms with E-state index in [1.54, 1.807) is 6.20 Å². The lowest BCUT2D eigenvalue weighted by Gasteiger charge is -2.14. The van der Waals surface area contributed by atoms with Crippen LogP contribution < -0.4 is 11.1 Å². The minimum atomic E-state index is -0.962. The number of primary amides is 1. The Kier molecular flexibility index (Phi) is 5.52. The van der Waals surface area contributed by atoms with Gasteiger partial charge in [0.25, 0.3) is 0 Å². The number of hydrogen-bond donors (Lipinski definition) is 4. The molecule has 1 aromatic heterocycles. The minimum Gasteiger partial charge on any atom is -0.481 e. The molecule has 0 fully saturated rings. The van der Waals surface area contributed by atoms with E-state index >= 15 is 0 Å². The molecule has 0 aliphatic heterocycles. The number of imidazole rings is 1. The molecule has 1 rings (SSSR count). The number of nitrogens with two attached hydrogens (primary N) is 1. The fourth-order valence-corrected chi connectivity index (χ4v) is 1.50. The summed E-state index contributed by atoms with van der Waals surface area (Å²) in [6.07, 6.45) is 3.43. The Bertz CT molecular complexity index is 444. The summed E-state index contributed by atoms with van der Waals surface area (Å²) in [5, 5.41) is 10.9. The van der Waals surface area contributed by atoms with Gasteiger partial charge >= 0.3 is 5.97 Å². The quantitative estimate of drug-likeness (QED) is 0.488. The number of nitrogens with zero attached hydrogens (tertiary/aromatic N) is 1. The van der Waals surface area contributed by atoms with Gasteiger partial charge in [-0.25, -0.2) is 4.98 Å². The number of rotatable bonds is 8. The summed E-state index contributed by atoms with van der Waals surface area (Å²) in [5.41, 5.74) is 5.80. The van der Waals surface area contributed by atoms with Gasteiger partial charge in [-0.3, -0.25) is 14.4 Å². The summed E-state index contributed by atoms with van der Waals surface area (Å²) >= 11 is 0. The van der Waals surface area contributed by atoms with Crippen molar-refractivity contribution in [2.75, 3.05) is 0 Å². The van der Waals surface area contributed by atoms with Gasteiger partial charge in [0.1, 0.15) is 6.04 Å². The van der Waals surface area contributed by atoms with Crippen molar-refractivity contribution in [2.24, 2.45) is 5.73 Å². The first kappa shape index (κ1) is 14.7. The maximum atomic E-state index is 11.5. The first-order chi connectivity index (χ1) is 8.99. The van der Waals surface area contributed by atoms with Gasteiger partial charge < -0.3 is 21.1 Å².